The molecule has 3 nitrogen and oxygen atoms in total. The smallest absolute Gasteiger partial charge is 0.144 e. The first kappa shape index (κ1) is 15.2. The Morgan fingerprint density at radius 1 is 0.909 bits per heavy atom. The fourth-order valence-corrected chi connectivity index (χ4v) is 3.10. The van der Waals surface area contributed by atoms with Crippen LogP contribution in [-0.2, 0) is 4.74 Å². The average molecular weight is 302 g/mol. The second kappa shape index (κ2) is 7.01. The number of hydrogen-bond acceptors (Lipinski definition) is 2. The third-order valence-corrected chi connectivity index (χ3v) is 4.26. The highest BCUT2D eigenvalue weighted by Crippen LogP contribution is 2.26. The van der Waals surface area contributed by atoms with Crippen LogP contribution >= 0.6 is 0 Å². The predicted octanol–water partition coefficient (Wildman–Crippen LogP) is 1.52. The van der Waals surface area contributed by atoms with E-state index in [9.17, 15) is 9.50 Å². The Hall–Kier alpha value is -1.75. The van der Waals surface area contributed by atoms with Gasteiger partial charge in [0, 0.05) is 5.56 Å². The van der Waals surface area contributed by atoms with Crippen molar-refractivity contribution in [3.63, 3.8) is 0 Å². The molecular formula is C18H21FNO2+. The minimum absolute atomic E-state index is 0.0736. The summed E-state index contributed by atoms with van der Waals surface area (Å²) in [6, 6.07) is 16.1. The zero-order valence-corrected chi connectivity index (χ0v) is 12.4. The van der Waals surface area contributed by atoms with Gasteiger partial charge in [-0.2, -0.15) is 0 Å². The molecule has 0 aromatic heterocycles. The molecule has 116 valence electrons. The van der Waals surface area contributed by atoms with Gasteiger partial charge in [0.15, 0.2) is 0 Å². The summed E-state index contributed by atoms with van der Waals surface area (Å²) in [5.41, 5.74) is 1.84. The van der Waals surface area contributed by atoms with Gasteiger partial charge in [-0.25, -0.2) is 4.39 Å². The topological polar surface area (TPSA) is 33.9 Å². The van der Waals surface area contributed by atoms with Crippen LogP contribution in [0.5, 0.6) is 0 Å². The van der Waals surface area contributed by atoms with Gasteiger partial charge in [0.25, 0.3) is 0 Å². The summed E-state index contributed by atoms with van der Waals surface area (Å²) < 4.78 is 18.6. The van der Waals surface area contributed by atoms with Gasteiger partial charge in [0.2, 0.25) is 0 Å². The molecule has 1 aliphatic heterocycles. The maximum Gasteiger partial charge on any atom is 0.144 e. The summed E-state index contributed by atoms with van der Waals surface area (Å²) in [4.78, 5) is 1.30. The normalized spacial score (nSPS) is 18.8. The lowest BCUT2D eigenvalue weighted by Crippen LogP contribution is -3.14. The number of hydrogen-bond donors (Lipinski definition) is 2. The molecule has 0 spiro atoms. The van der Waals surface area contributed by atoms with Crippen LogP contribution in [0.25, 0.3) is 0 Å². The number of quaternary nitrogens is 1. The van der Waals surface area contributed by atoms with Crippen molar-refractivity contribution in [3.8, 4) is 0 Å². The van der Waals surface area contributed by atoms with Crippen LogP contribution in [0.4, 0.5) is 4.39 Å². The number of rotatable bonds is 4. The molecule has 2 atom stereocenters. The number of ether oxygens (including phenoxy) is 1. The zero-order valence-electron chi connectivity index (χ0n) is 12.4. The van der Waals surface area contributed by atoms with E-state index >= 15 is 0 Å². The quantitative estimate of drug-likeness (QED) is 0.898. The van der Waals surface area contributed by atoms with Crippen LogP contribution in [0, 0.1) is 5.82 Å². The van der Waals surface area contributed by atoms with Crippen molar-refractivity contribution in [2.75, 3.05) is 26.3 Å². The second-order valence-electron chi connectivity index (χ2n) is 5.66. The molecule has 1 heterocycles. The van der Waals surface area contributed by atoms with Crippen molar-refractivity contribution in [2.45, 2.75) is 12.1 Å². The highest BCUT2D eigenvalue weighted by atomic mass is 19.1. The van der Waals surface area contributed by atoms with E-state index in [2.05, 4.69) is 0 Å². The third-order valence-electron chi connectivity index (χ3n) is 4.26. The lowest BCUT2D eigenvalue weighted by Gasteiger charge is -2.34. The molecule has 1 fully saturated rings. The number of aliphatic hydroxyl groups excluding tert-OH is 1. The standard InChI is InChI=1S/C18H20FNO2/c19-16-8-6-15(7-9-16)18(21)17(14-4-2-1-3-5-14)20-10-12-22-13-11-20/h1-9,17-18,21H,10-13H2/p+1/t17-,18-/m0/s1. The minimum Gasteiger partial charge on any atom is -0.382 e. The molecule has 1 saturated heterocycles. The van der Waals surface area contributed by atoms with Crippen molar-refractivity contribution in [1.29, 1.82) is 0 Å². The molecule has 22 heavy (non-hydrogen) atoms. The monoisotopic (exact) mass is 302 g/mol. The largest absolute Gasteiger partial charge is 0.382 e. The molecule has 3 rings (SSSR count). The number of halogens is 1. The average Bonchev–Trinajstić information content (AvgIpc) is 2.57. The van der Waals surface area contributed by atoms with Crippen molar-refractivity contribution >= 4 is 0 Å². The van der Waals surface area contributed by atoms with E-state index in [1.165, 1.54) is 17.0 Å². The summed E-state index contributed by atoms with van der Waals surface area (Å²) in [5.74, 6) is -0.286. The van der Waals surface area contributed by atoms with Crippen LogP contribution in [0.1, 0.15) is 23.3 Å². The van der Waals surface area contributed by atoms with E-state index < -0.39 is 6.10 Å². The third kappa shape index (κ3) is 3.35. The predicted molar refractivity (Wildman–Crippen MR) is 82.1 cm³/mol. The molecule has 1 aliphatic rings. The molecule has 2 N–H and O–H groups in total. The Labute approximate surface area is 130 Å². The van der Waals surface area contributed by atoms with E-state index in [1.54, 1.807) is 12.1 Å². The maximum absolute atomic E-state index is 13.1. The maximum atomic E-state index is 13.1. The number of aliphatic hydroxyl groups is 1. The number of nitrogens with one attached hydrogen (secondary N) is 1. The van der Waals surface area contributed by atoms with Gasteiger partial charge >= 0.3 is 0 Å². The van der Waals surface area contributed by atoms with Crippen LogP contribution in [0.3, 0.4) is 0 Å². The lowest BCUT2D eigenvalue weighted by molar-refractivity contribution is -0.943. The van der Waals surface area contributed by atoms with Gasteiger partial charge in [-0.1, -0.05) is 42.5 Å². The summed E-state index contributed by atoms with van der Waals surface area (Å²) in [6.45, 7) is 3.12. The first-order chi connectivity index (χ1) is 10.8. The van der Waals surface area contributed by atoms with E-state index in [4.69, 9.17) is 4.74 Å². The molecule has 0 aliphatic carbocycles. The van der Waals surface area contributed by atoms with E-state index in [-0.39, 0.29) is 11.9 Å². The van der Waals surface area contributed by atoms with Gasteiger partial charge in [-0.15, -0.1) is 0 Å². The van der Waals surface area contributed by atoms with Crippen LogP contribution < -0.4 is 4.90 Å². The molecule has 4 heteroatoms. The fourth-order valence-electron chi connectivity index (χ4n) is 3.10. The molecule has 0 unspecified atom stereocenters. The summed E-state index contributed by atoms with van der Waals surface area (Å²) in [6.07, 6.45) is -0.670. The van der Waals surface area contributed by atoms with Crippen molar-refractivity contribution < 1.29 is 19.1 Å². The Morgan fingerprint density at radius 3 is 2.18 bits per heavy atom. The highest BCUT2D eigenvalue weighted by molar-refractivity contribution is 5.25. The van der Waals surface area contributed by atoms with E-state index in [0.717, 1.165) is 24.2 Å². The number of morpholine rings is 1. The molecular weight excluding hydrogens is 281 g/mol. The molecule has 0 bridgehead atoms. The zero-order chi connectivity index (χ0) is 15.4. The Morgan fingerprint density at radius 2 is 1.55 bits per heavy atom. The van der Waals surface area contributed by atoms with Gasteiger partial charge in [0.1, 0.15) is 31.1 Å². The fraction of sp³-hybridized carbons (Fsp3) is 0.333. The van der Waals surface area contributed by atoms with Gasteiger partial charge in [0.05, 0.1) is 13.2 Å². The Bertz CT molecular complexity index is 582. The Kier molecular flexibility index (Phi) is 4.83. The molecule has 0 radical (unpaired) electrons. The van der Waals surface area contributed by atoms with Gasteiger partial charge in [-0.05, 0) is 17.7 Å². The van der Waals surface area contributed by atoms with Crippen molar-refractivity contribution in [2.24, 2.45) is 0 Å². The van der Waals surface area contributed by atoms with E-state index in [0.29, 0.717) is 13.2 Å². The van der Waals surface area contributed by atoms with Crippen LogP contribution in [0.15, 0.2) is 54.6 Å². The van der Waals surface area contributed by atoms with Crippen LogP contribution in [0.2, 0.25) is 0 Å². The van der Waals surface area contributed by atoms with Crippen molar-refractivity contribution in [1.82, 2.24) is 0 Å². The first-order valence-electron chi connectivity index (χ1n) is 7.66. The SMILES string of the molecule is O[C@@H](c1ccc(F)cc1)[C@H](c1ccccc1)[NH+]1CCOCC1. The molecule has 0 saturated carbocycles. The Balaban J connectivity index is 1.91. The van der Waals surface area contributed by atoms with Gasteiger partial charge < -0.3 is 14.7 Å². The molecule has 0 amide bonds. The summed E-state index contributed by atoms with van der Waals surface area (Å²) >= 11 is 0. The molecule has 2 aromatic carbocycles. The van der Waals surface area contributed by atoms with Crippen LogP contribution in [-0.4, -0.2) is 31.4 Å². The first-order valence-corrected chi connectivity index (χ1v) is 7.66. The summed E-state index contributed by atoms with van der Waals surface area (Å²) in [7, 11) is 0. The second-order valence-corrected chi connectivity index (χ2v) is 5.66. The molecule has 2 aromatic rings. The van der Waals surface area contributed by atoms with Crippen molar-refractivity contribution in [3.05, 3.63) is 71.5 Å². The lowest BCUT2D eigenvalue weighted by atomic mass is 9.94. The minimum atomic E-state index is -0.670. The van der Waals surface area contributed by atoms with E-state index in [1.807, 2.05) is 30.3 Å². The van der Waals surface area contributed by atoms with Gasteiger partial charge in [-0.3, -0.25) is 0 Å². The highest BCUT2D eigenvalue weighted by Gasteiger charge is 2.33. The summed E-state index contributed by atoms with van der Waals surface area (Å²) in [5, 5.41) is 10.9. The number of benzene rings is 2.